The molecule has 80 valence electrons. The Balaban J connectivity index is 2.55. The highest BCUT2D eigenvalue weighted by Gasteiger charge is 2.03. The second-order valence-electron chi connectivity index (χ2n) is 3.44. The molecule has 1 N–H and O–H groups in total. The van der Waals surface area contributed by atoms with Crippen molar-refractivity contribution in [3.05, 3.63) is 42.0 Å². The predicted molar refractivity (Wildman–Crippen MR) is 63.6 cm³/mol. The van der Waals surface area contributed by atoms with E-state index in [4.69, 9.17) is 10.1 Å². The van der Waals surface area contributed by atoms with E-state index in [-0.39, 0.29) is 5.78 Å². The van der Waals surface area contributed by atoms with Gasteiger partial charge in [-0.1, -0.05) is 18.2 Å². The van der Waals surface area contributed by atoms with Crippen LogP contribution < -0.4 is 4.74 Å². The number of ketones is 1. The number of methoxy groups -OCH3 is 1. The van der Waals surface area contributed by atoms with Gasteiger partial charge in [-0.05, 0) is 29.0 Å². The van der Waals surface area contributed by atoms with Crippen LogP contribution in [0.3, 0.4) is 0 Å². The summed E-state index contributed by atoms with van der Waals surface area (Å²) in [5, 5.41) is 8.90. The number of hydrogen-bond acceptors (Lipinski definition) is 3. The third-order valence-corrected chi connectivity index (χ3v) is 2.46. The zero-order chi connectivity index (χ0) is 11.5. The molecule has 0 fully saturated rings. The van der Waals surface area contributed by atoms with E-state index in [0.717, 1.165) is 22.7 Å². The van der Waals surface area contributed by atoms with Gasteiger partial charge in [-0.25, -0.2) is 0 Å². The van der Waals surface area contributed by atoms with E-state index in [1.54, 1.807) is 19.2 Å². The minimum absolute atomic E-state index is 0.280. The molecule has 0 aliphatic heterocycles. The number of carbonyl (C=O) groups excluding carboxylic acids is 1. The van der Waals surface area contributed by atoms with Crippen molar-refractivity contribution in [3.63, 3.8) is 0 Å². The average Bonchev–Trinajstić information content (AvgIpc) is 2.36. The third kappa shape index (κ3) is 1.80. The van der Waals surface area contributed by atoms with Crippen molar-refractivity contribution in [3.8, 4) is 5.75 Å². The van der Waals surface area contributed by atoms with Crippen molar-refractivity contribution >= 4 is 22.8 Å². The molecule has 3 nitrogen and oxygen atoms in total. The van der Waals surface area contributed by atoms with Gasteiger partial charge in [-0.3, -0.25) is 4.79 Å². The first kappa shape index (κ1) is 10.4. The number of fused-ring (bicyclic) bond motifs is 1. The standard InChI is InChI=1S/C13H11NO2/c1-16-12-5-4-9-6-11(13(15)8-14)3-2-10(9)7-12/h2-8,14H,1H3. The zero-order valence-corrected chi connectivity index (χ0v) is 8.86. The molecule has 0 saturated carbocycles. The van der Waals surface area contributed by atoms with E-state index in [2.05, 4.69) is 0 Å². The van der Waals surface area contributed by atoms with E-state index in [9.17, 15) is 4.79 Å². The molecule has 0 aliphatic carbocycles. The Labute approximate surface area is 93.2 Å². The van der Waals surface area contributed by atoms with E-state index in [1.165, 1.54) is 0 Å². The minimum Gasteiger partial charge on any atom is -0.497 e. The molecule has 2 aromatic carbocycles. The van der Waals surface area contributed by atoms with Gasteiger partial charge in [0.15, 0.2) is 0 Å². The van der Waals surface area contributed by atoms with Crippen LogP contribution in [0.2, 0.25) is 0 Å². The van der Waals surface area contributed by atoms with Crippen molar-refractivity contribution in [2.75, 3.05) is 7.11 Å². The molecule has 16 heavy (non-hydrogen) atoms. The summed E-state index contributed by atoms with van der Waals surface area (Å²) < 4.78 is 5.12. The average molecular weight is 213 g/mol. The summed E-state index contributed by atoms with van der Waals surface area (Å²) in [6, 6.07) is 11.0. The van der Waals surface area contributed by atoms with Crippen LogP contribution in [0.25, 0.3) is 10.8 Å². The SMILES string of the molecule is COc1ccc2cc(C(=O)C=N)ccc2c1. The Hall–Kier alpha value is -2.16. The highest BCUT2D eigenvalue weighted by Crippen LogP contribution is 2.21. The van der Waals surface area contributed by atoms with Gasteiger partial charge in [0.2, 0.25) is 5.78 Å². The fourth-order valence-electron chi connectivity index (χ4n) is 1.59. The molecule has 0 atom stereocenters. The molecule has 3 heteroatoms. The molecular weight excluding hydrogens is 202 g/mol. The Morgan fingerprint density at radius 1 is 1.19 bits per heavy atom. The first-order valence-corrected chi connectivity index (χ1v) is 4.87. The van der Waals surface area contributed by atoms with Gasteiger partial charge in [0, 0.05) is 5.56 Å². The van der Waals surface area contributed by atoms with Gasteiger partial charge >= 0.3 is 0 Å². The van der Waals surface area contributed by atoms with Crippen molar-refractivity contribution in [2.24, 2.45) is 0 Å². The van der Waals surface area contributed by atoms with Crippen LogP contribution >= 0.6 is 0 Å². The molecule has 0 spiro atoms. The first-order valence-electron chi connectivity index (χ1n) is 4.87. The summed E-state index contributed by atoms with van der Waals surface area (Å²) in [5.41, 5.74) is 0.535. The molecular formula is C13H11NO2. The number of carbonyl (C=O) groups is 1. The molecule has 0 radical (unpaired) electrons. The van der Waals surface area contributed by atoms with E-state index in [0.29, 0.717) is 5.56 Å². The molecule has 2 aromatic rings. The molecule has 0 unspecified atom stereocenters. The number of ether oxygens (including phenoxy) is 1. The quantitative estimate of drug-likeness (QED) is 0.629. The number of benzene rings is 2. The number of Topliss-reactive ketones (excluding diaryl/α,β-unsaturated/α-hetero) is 1. The molecule has 0 aliphatic rings. The van der Waals surface area contributed by atoms with Gasteiger partial charge in [-0.2, -0.15) is 0 Å². The summed E-state index contributed by atoms with van der Waals surface area (Å²) in [6.45, 7) is 0. The summed E-state index contributed by atoms with van der Waals surface area (Å²) in [6.07, 6.45) is 0.824. The van der Waals surface area contributed by atoms with Crippen LogP contribution in [0.1, 0.15) is 10.4 Å². The Bertz CT molecular complexity index is 561. The molecule has 0 bridgehead atoms. The van der Waals surface area contributed by atoms with Crippen LogP contribution in [0.4, 0.5) is 0 Å². The summed E-state index contributed by atoms with van der Waals surface area (Å²) in [7, 11) is 1.62. The minimum atomic E-state index is -0.280. The lowest BCUT2D eigenvalue weighted by Gasteiger charge is -2.03. The van der Waals surface area contributed by atoms with Gasteiger partial charge in [0.25, 0.3) is 0 Å². The molecule has 0 amide bonds. The Kier molecular flexibility index (Phi) is 2.68. The predicted octanol–water partition coefficient (Wildman–Crippen LogP) is 2.68. The maximum atomic E-state index is 11.3. The summed E-state index contributed by atoms with van der Waals surface area (Å²) in [4.78, 5) is 11.3. The summed E-state index contributed by atoms with van der Waals surface area (Å²) >= 11 is 0. The lowest BCUT2D eigenvalue weighted by molar-refractivity contribution is 0.107. The van der Waals surface area contributed by atoms with Gasteiger partial charge in [0.1, 0.15) is 5.75 Å². The van der Waals surface area contributed by atoms with E-state index >= 15 is 0 Å². The first-order chi connectivity index (χ1) is 7.74. The molecule has 0 saturated heterocycles. The Morgan fingerprint density at radius 3 is 2.56 bits per heavy atom. The van der Waals surface area contributed by atoms with Crippen LogP contribution in [0, 0.1) is 5.41 Å². The topological polar surface area (TPSA) is 50.2 Å². The van der Waals surface area contributed by atoms with Crippen LogP contribution in [-0.4, -0.2) is 19.1 Å². The molecule has 0 aromatic heterocycles. The highest BCUT2D eigenvalue weighted by atomic mass is 16.5. The van der Waals surface area contributed by atoms with Crippen molar-refractivity contribution in [2.45, 2.75) is 0 Å². The summed E-state index contributed by atoms with van der Waals surface area (Å²) in [5.74, 6) is 0.511. The monoisotopic (exact) mass is 213 g/mol. The van der Waals surface area contributed by atoms with E-state index in [1.807, 2.05) is 24.3 Å². The number of nitrogens with one attached hydrogen (secondary N) is 1. The van der Waals surface area contributed by atoms with Crippen molar-refractivity contribution in [1.82, 2.24) is 0 Å². The van der Waals surface area contributed by atoms with Gasteiger partial charge in [-0.15, -0.1) is 0 Å². The van der Waals surface area contributed by atoms with Crippen LogP contribution in [0.5, 0.6) is 5.75 Å². The maximum absolute atomic E-state index is 11.3. The van der Waals surface area contributed by atoms with E-state index < -0.39 is 0 Å². The largest absolute Gasteiger partial charge is 0.497 e. The Morgan fingerprint density at radius 2 is 1.88 bits per heavy atom. The molecule has 0 heterocycles. The highest BCUT2D eigenvalue weighted by molar-refractivity contribution is 6.34. The second-order valence-corrected chi connectivity index (χ2v) is 3.44. The zero-order valence-electron chi connectivity index (χ0n) is 8.86. The second kappa shape index (κ2) is 4.14. The maximum Gasteiger partial charge on any atom is 0.203 e. The number of hydrogen-bond donors (Lipinski definition) is 1. The van der Waals surface area contributed by atoms with Crippen LogP contribution in [0.15, 0.2) is 36.4 Å². The smallest absolute Gasteiger partial charge is 0.203 e. The van der Waals surface area contributed by atoms with Gasteiger partial charge in [0.05, 0.1) is 13.3 Å². The lowest BCUT2D eigenvalue weighted by Crippen LogP contribution is -1.98. The normalized spacial score (nSPS) is 10.1. The third-order valence-electron chi connectivity index (χ3n) is 2.46. The number of rotatable bonds is 3. The fourth-order valence-corrected chi connectivity index (χ4v) is 1.59. The van der Waals surface area contributed by atoms with Crippen molar-refractivity contribution in [1.29, 1.82) is 5.41 Å². The molecule has 2 rings (SSSR count). The fraction of sp³-hybridized carbons (Fsp3) is 0.0769. The van der Waals surface area contributed by atoms with Crippen LogP contribution in [-0.2, 0) is 0 Å². The van der Waals surface area contributed by atoms with Crippen molar-refractivity contribution < 1.29 is 9.53 Å². The van der Waals surface area contributed by atoms with Gasteiger partial charge < -0.3 is 10.1 Å². The lowest BCUT2D eigenvalue weighted by atomic mass is 10.0.